The highest BCUT2D eigenvalue weighted by atomic mass is 32.2. The Bertz CT molecular complexity index is 1490. The summed E-state index contributed by atoms with van der Waals surface area (Å²) >= 11 is 0. The number of rotatable bonds is 6. The van der Waals surface area contributed by atoms with E-state index < -0.39 is 21.6 Å². The zero-order chi connectivity index (χ0) is 25.4. The number of carbonyl (C=O) groups is 1. The molecule has 0 saturated heterocycles. The van der Waals surface area contributed by atoms with Crippen LogP contribution < -0.4 is 16.1 Å². The fraction of sp³-hybridized carbons (Fsp3) is 0.333. The molecule has 1 heterocycles. The molecule has 0 bridgehead atoms. The highest BCUT2D eigenvalue weighted by Crippen LogP contribution is 2.49. The fourth-order valence-electron chi connectivity index (χ4n) is 4.99. The van der Waals surface area contributed by atoms with E-state index in [4.69, 9.17) is 10.2 Å². The number of nitrogens with two attached hydrogens (primary N) is 1. The van der Waals surface area contributed by atoms with Crippen LogP contribution in [-0.2, 0) is 16.4 Å². The van der Waals surface area contributed by atoms with Crippen LogP contribution in [0.5, 0.6) is 5.75 Å². The Hall–Kier alpha value is -3.59. The molecule has 188 valence electrons. The third kappa shape index (κ3) is 4.75. The minimum absolute atomic E-state index is 0.0325. The molecule has 4 N–H and O–H groups in total. The van der Waals surface area contributed by atoms with E-state index in [1.54, 1.807) is 36.4 Å². The van der Waals surface area contributed by atoms with Crippen LogP contribution >= 0.6 is 0 Å². The molecule has 1 saturated carbocycles. The maximum absolute atomic E-state index is 13.1. The number of nitrogens with one attached hydrogen (secondary N) is 1. The predicted molar refractivity (Wildman–Crippen MR) is 136 cm³/mol. The molecule has 0 aliphatic heterocycles. The number of aryl methyl sites for hydroxylation is 1. The van der Waals surface area contributed by atoms with E-state index >= 15 is 0 Å². The summed E-state index contributed by atoms with van der Waals surface area (Å²) in [5.74, 6) is -0.715. The van der Waals surface area contributed by atoms with Crippen molar-refractivity contribution < 1.29 is 22.7 Å². The van der Waals surface area contributed by atoms with Gasteiger partial charge in [-0.2, -0.15) is 0 Å². The van der Waals surface area contributed by atoms with Crippen LogP contribution in [0.3, 0.4) is 0 Å². The smallest absolute Gasteiger partial charge is 0.343 e. The normalized spacial score (nSPS) is 17.1. The topological polar surface area (TPSA) is 140 Å². The molecule has 3 aromatic rings. The van der Waals surface area contributed by atoms with Crippen molar-refractivity contribution in [3.8, 4) is 5.75 Å². The lowest BCUT2D eigenvalue weighted by molar-refractivity contribution is 0.0968. The van der Waals surface area contributed by atoms with Crippen molar-refractivity contribution in [1.29, 1.82) is 0 Å². The van der Waals surface area contributed by atoms with E-state index in [-0.39, 0.29) is 39.2 Å². The number of nitrogen functional groups attached to an aromatic ring is 1. The second-order valence-corrected chi connectivity index (χ2v) is 11.2. The average molecular weight is 509 g/mol. The lowest BCUT2D eigenvalue weighted by Gasteiger charge is -2.21. The first-order valence-corrected chi connectivity index (χ1v) is 13.6. The minimum Gasteiger partial charge on any atom is -0.506 e. The van der Waals surface area contributed by atoms with E-state index in [0.717, 1.165) is 32.1 Å². The van der Waals surface area contributed by atoms with Gasteiger partial charge in [0, 0.05) is 30.1 Å². The van der Waals surface area contributed by atoms with Gasteiger partial charge in [0.2, 0.25) is 0 Å². The van der Waals surface area contributed by atoms with E-state index in [9.17, 15) is 23.1 Å². The molecule has 8 nitrogen and oxygen atoms in total. The Labute approximate surface area is 209 Å². The summed E-state index contributed by atoms with van der Waals surface area (Å²) in [7, 11) is -3.90. The molecule has 36 heavy (non-hydrogen) atoms. The van der Waals surface area contributed by atoms with E-state index in [1.807, 2.05) is 0 Å². The Morgan fingerprint density at radius 2 is 1.75 bits per heavy atom. The maximum Gasteiger partial charge on any atom is 0.343 e. The number of benzene rings is 2. The zero-order valence-corrected chi connectivity index (χ0v) is 20.5. The predicted octanol–water partition coefficient (Wildman–Crippen LogP) is 4.57. The SMILES string of the molecule is Nc1cccc(S(=O)(=O)Nc2cccc(C(c3c(O)c4c(oc3=O)CCCCCC4=O)C3CC3)c2)c1. The molecule has 0 spiro atoms. The van der Waals surface area contributed by atoms with E-state index in [1.165, 1.54) is 12.1 Å². The largest absolute Gasteiger partial charge is 0.506 e. The van der Waals surface area contributed by atoms with Crippen LogP contribution in [0.15, 0.2) is 62.6 Å². The van der Waals surface area contributed by atoms with Gasteiger partial charge in [-0.1, -0.05) is 24.6 Å². The average Bonchev–Trinajstić information content (AvgIpc) is 3.65. The molecular formula is C27H28N2O6S. The fourth-order valence-corrected chi connectivity index (χ4v) is 6.09. The van der Waals surface area contributed by atoms with Crippen molar-refractivity contribution in [3.63, 3.8) is 0 Å². The number of anilines is 2. The Morgan fingerprint density at radius 1 is 1.00 bits per heavy atom. The zero-order valence-electron chi connectivity index (χ0n) is 19.7. The lowest BCUT2D eigenvalue weighted by Crippen LogP contribution is -2.21. The van der Waals surface area contributed by atoms with Crippen molar-refractivity contribution in [3.05, 3.63) is 81.4 Å². The number of ketones is 1. The van der Waals surface area contributed by atoms with Crippen molar-refractivity contribution in [1.82, 2.24) is 0 Å². The van der Waals surface area contributed by atoms with Gasteiger partial charge in [-0.15, -0.1) is 0 Å². The number of aromatic hydroxyl groups is 1. The van der Waals surface area contributed by atoms with Crippen molar-refractivity contribution >= 4 is 27.2 Å². The molecule has 1 atom stereocenters. The summed E-state index contributed by atoms with van der Waals surface area (Å²) in [6.07, 6.45) is 4.78. The van der Waals surface area contributed by atoms with Gasteiger partial charge in [0.25, 0.3) is 10.0 Å². The molecule has 0 amide bonds. The second-order valence-electron chi connectivity index (χ2n) is 9.55. The standard InChI is InChI=1S/C27H28N2O6S/c28-18-7-5-9-20(15-18)36(33,34)29-19-8-4-6-17(14-19)23(16-12-13-16)25-26(31)24-21(30)10-2-1-3-11-22(24)35-27(25)32/h4-9,14-16,23,29,31H,1-3,10-13,28H2. The van der Waals surface area contributed by atoms with Gasteiger partial charge in [-0.3, -0.25) is 9.52 Å². The van der Waals surface area contributed by atoms with Gasteiger partial charge in [0.05, 0.1) is 16.0 Å². The number of hydrogen-bond donors (Lipinski definition) is 3. The lowest BCUT2D eigenvalue weighted by atomic mass is 9.85. The molecule has 5 rings (SSSR count). The highest BCUT2D eigenvalue weighted by Gasteiger charge is 2.39. The molecule has 2 aromatic carbocycles. The van der Waals surface area contributed by atoms with E-state index in [0.29, 0.717) is 29.8 Å². The molecule has 0 radical (unpaired) electrons. The van der Waals surface area contributed by atoms with Crippen LogP contribution in [0.25, 0.3) is 0 Å². The first-order chi connectivity index (χ1) is 17.2. The van der Waals surface area contributed by atoms with Crippen LogP contribution in [0, 0.1) is 5.92 Å². The van der Waals surface area contributed by atoms with Crippen LogP contribution in [0.1, 0.15) is 71.7 Å². The van der Waals surface area contributed by atoms with Crippen molar-refractivity contribution in [2.24, 2.45) is 5.92 Å². The summed E-state index contributed by atoms with van der Waals surface area (Å²) in [6.45, 7) is 0. The molecule has 1 aromatic heterocycles. The van der Waals surface area contributed by atoms with Gasteiger partial charge in [0.15, 0.2) is 5.78 Å². The summed E-state index contributed by atoms with van der Waals surface area (Å²) in [5.41, 5.74) is 6.58. The maximum atomic E-state index is 13.1. The number of hydrogen-bond acceptors (Lipinski definition) is 7. The Kier molecular flexibility index (Phi) is 6.34. The molecule has 9 heteroatoms. The van der Waals surface area contributed by atoms with Crippen LogP contribution in [0.4, 0.5) is 11.4 Å². The summed E-state index contributed by atoms with van der Waals surface area (Å²) < 4.78 is 34.0. The number of Topliss-reactive ketones (excluding diaryl/α,β-unsaturated/α-hetero) is 1. The minimum atomic E-state index is -3.90. The summed E-state index contributed by atoms with van der Waals surface area (Å²) in [4.78, 5) is 26.0. The van der Waals surface area contributed by atoms with Gasteiger partial charge in [0.1, 0.15) is 11.5 Å². The highest BCUT2D eigenvalue weighted by molar-refractivity contribution is 7.92. The molecule has 2 aliphatic rings. The molecular weight excluding hydrogens is 480 g/mol. The first kappa shape index (κ1) is 24.1. The van der Waals surface area contributed by atoms with Gasteiger partial charge < -0.3 is 15.3 Å². The second kappa shape index (κ2) is 9.46. The first-order valence-electron chi connectivity index (χ1n) is 12.1. The Morgan fingerprint density at radius 3 is 2.50 bits per heavy atom. The molecule has 1 unspecified atom stereocenters. The monoisotopic (exact) mass is 508 g/mol. The number of carbonyl (C=O) groups excluding carboxylic acids is 1. The number of sulfonamides is 1. The summed E-state index contributed by atoms with van der Waals surface area (Å²) in [5, 5.41) is 11.2. The van der Waals surface area contributed by atoms with Crippen molar-refractivity contribution in [2.75, 3.05) is 10.5 Å². The third-order valence-corrected chi connectivity index (χ3v) is 8.24. The summed E-state index contributed by atoms with van der Waals surface area (Å²) in [6, 6.07) is 12.7. The third-order valence-electron chi connectivity index (χ3n) is 6.86. The van der Waals surface area contributed by atoms with Gasteiger partial charge in [-0.05, 0) is 67.5 Å². The number of fused-ring (bicyclic) bond motifs is 1. The molecule has 2 aliphatic carbocycles. The van der Waals surface area contributed by atoms with E-state index in [2.05, 4.69) is 4.72 Å². The van der Waals surface area contributed by atoms with Crippen LogP contribution in [-0.4, -0.2) is 19.3 Å². The van der Waals surface area contributed by atoms with Gasteiger partial charge >= 0.3 is 5.63 Å². The van der Waals surface area contributed by atoms with Crippen LogP contribution in [0.2, 0.25) is 0 Å². The molecule has 1 fully saturated rings. The quantitative estimate of drug-likeness (QED) is 0.414. The van der Waals surface area contributed by atoms with Crippen molar-refractivity contribution in [2.45, 2.75) is 55.8 Å². The Balaban J connectivity index is 1.55. The van der Waals surface area contributed by atoms with Gasteiger partial charge in [-0.25, -0.2) is 13.2 Å².